The van der Waals surface area contributed by atoms with Gasteiger partial charge in [0.05, 0.1) is 19.6 Å². The van der Waals surface area contributed by atoms with E-state index in [0.717, 1.165) is 22.4 Å². The minimum atomic E-state index is -0.140. The van der Waals surface area contributed by atoms with Crippen LogP contribution in [0.25, 0.3) is 0 Å². The summed E-state index contributed by atoms with van der Waals surface area (Å²) >= 11 is 0. The molecule has 1 aromatic rings. The molecule has 0 heterocycles. The van der Waals surface area contributed by atoms with E-state index >= 15 is 0 Å². The van der Waals surface area contributed by atoms with Gasteiger partial charge in [-0.05, 0) is 36.6 Å². The lowest BCUT2D eigenvalue weighted by atomic mass is 10.0. The SMILES string of the molecule is COc1cc(C)c(CC(=O)NCC#N)cc1C. The van der Waals surface area contributed by atoms with Gasteiger partial charge in [-0.1, -0.05) is 6.07 Å². The van der Waals surface area contributed by atoms with Gasteiger partial charge in [0.15, 0.2) is 0 Å². The van der Waals surface area contributed by atoms with Crippen molar-refractivity contribution in [3.05, 3.63) is 28.8 Å². The van der Waals surface area contributed by atoms with Crippen molar-refractivity contribution in [2.45, 2.75) is 20.3 Å². The van der Waals surface area contributed by atoms with E-state index in [4.69, 9.17) is 10.00 Å². The number of amides is 1. The molecule has 0 aromatic heterocycles. The Balaban J connectivity index is 2.82. The number of nitrogens with zero attached hydrogens (tertiary/aromatic N) is 1. The fourth-order valence-electron chi connectivity index (χ4n) is 1.63. The molecule has 1 rings (SSSR count). The van der Waals surface area contributed by atoms with Gasteiger partial charge in [-0.25, -0.2) is 0 Å². The highest BCUT2D eigenvalue weighted by atomic mass is 16.5. The molecule has 90 valence electrons. The summed E-state index contributed by atoms with van der Waals surface area (Å²) in [5, 5.41) is 10.9. The molecule has 1 N–H and O–H groups in total. The second-order valence-electron chi connectivity index (χ2n) is 3.86. The molecular weight excluding hydrogens is 216 g/mol. The van der Waals surface area contributed by atoms with E-state index in [2.05, 4.69) is 5.32 Å². The van der Waals surface area contributed by atoms with Crippen molar-refractivity contribution in [3.63, 3.8) is 0 Å². The normalized spacial score (nSPS) is 9.53. The zero-order valence-electron chi connectivity index (χ0n) is 10.3. The lowest BCUT2D eigenvalue weighted by Crippen LogP contribution is -2.25. The summed E-state index contributed by atoms with van der Waals surface area (Å²) in [5.41, 5.74) is 2.97. The van der Waals surface area contributed by atoms with E-state index in [-0.39, 0.29) is 12.5 Å². The number of hydrogen-bond donors (Lipinski definition) is 1. The van der Waals surface area contributed by atoms with Crippen LogP contribution in [0.3, 0.4) is 0 Å². The Kier molecular flexibility index (Phi) is 4.53. The van der Waals surface area contributed by atoms with Crippen LogP contribution in [0.1, 0.15) is 16.7 Å². The maximum atomic E-state index is 11.5. The lowest BCUT2D eigenvalue weighted by Gasteiger charge is -2.10. The number of nitriles is 1. The predicted octanol–water partition coefficient (Wildman–Crippen LogP) is 1.49. The van der Waals surface area contributed by atoms with Crippen molar-refractivity contribution in [1.82, 2.24) is 5.32 Å². The highest BCUT2D eigenvalue weighted by Crippen LogP contribution is 2.22. The zero-order chi connectivity index (χ0) is 12.8. The molecule has 0 atom stereocenters. The number of benzene rings is 1. The van der Waals surface area contributed by atoms with E-state index in [0.29, 0.717) is 6.42 Å². The summed E-state index contributed by atoms with van der Waals surface area (Å²) in [6.45, 7) is 3.93. The second kappa shape index (κ2) is 5.90. The first-order valence-electron chi connectivity index (χ1n) is 5.36. The third-order valence-electron chi connectivity index (χ3n) is 2.57. The Hall–Kier alpha value is -2.02. The van der Waals surface area contributed by atoms with E-state index in [1.165, 1.54) is 0 Å². The van der Waals surface area contributed by atoms with Gasteiger partial charge in [0, 0.05) is 0 Å². The Morgan fingerprint density at radius 1 is 1.41 bits per heavy atom. The molecule has 0 unspecified atom stereocenters. The topological polar surface area (TPSA) is 62.1 Å². The molecule has 0 bridgehead atoms. The molecule has 0 saturated heterocycles. The van der Waals surface area contributed by atoms with Gasteiger partial charge in [0.1, 0.15) is 12.3 Å². The zero-order valence-corrected chi connectivity index (χ0v) is 10.3. The Morgan fingerprint density at radius 3 is 2.71 bits per heavy atom. The maximum absolute atomic E-state index is 11.5. The highest BCUT2D eigenvalue weighted by Gasteiger charge is 2.08. The Labute approximate surface area is 101 Å². The van der Waals surface area contributed by atoms with Gasteiger partial charge in [0.25, 0.3) is 0 Å². The van der Waals surface area contributed by atoms with Gasteiger partial charge in [-0.2, -0.15) is 5.26 Å². The fourth-order valence-corrected chi connectivity index (χ4v) is 1.63. The number of ether oxygens (including phenoxy) is 1. The van der Waals surface area contributed by atoms with E-state index in [1.54, 1.807) is 7.11 Å². The molecule has 4 nitrogen and oxygen atoms in total. The van der Waals surface area contributed by atoms with Gasteiger partial charge >= 0.3 is 0 Å². The van der Waals surface area contributed by atoms with Gasteiger partial charge in [0.2, 0.25) is 5.91 Å². The van der Waals surface area contributed by atoms with E-state index < -0.39 is 0 Å². The van der Waals surface area contributed by atoms with Crippen LogP contribution in [-0.4, -0.2) is 19.6 Å². The first-order valence-corrected chi connectivity index (χ1v) is 5.36. The molecule has 4 heteroatoms. The summed E-state index contributed by atoms with van der Waals surface area (Å²) in [6, 6.07) is 5.74. The first kappa shape index (κ1) is 13.0. The van der Waals surface area contributed by atoms with Crippen LogP contribution >= 0.6 is 0 Å². The number of carbonyl (C=O) groups is 1. The number of methoxy groups -OCH3 is 1. The van der Waals surface area contributed by atoms with Crippen molar-refractivity contribution in [3.8, 4) is 11.8 Å². The number of carbonyl (C=O) groups excluding carboxylic acids is 1. The molecule has 0 radical (unpaired) electrons. The summed E-state index contributed by atoms with van der Waals surface area (Å²) in [4.78, 5) is 11.5. The third-order valence-corrected chi connectivity index (χ3v) is 2.57. The summed E-state index contributed by atoms with van der Waals surface area (Å²) in [6.07, 6.45) is 0.290. The van der Waals surface area contributed by atoms with Crippen LogP contribution in [0.4, 0.5) is 0 Å². The number of rotatable bonds is 4. The largest absolute Gasteiger partial charge is 0.496 e. The molecular formula is C13H16N2O2. The second-order valence-corrected chi connectivity index (χ2v) is 3.86. The van der Waals surface area contributed by atoms with Crippen LogP contribution in [0.5, 0.6) is 5.75 Å². The van der Waals surface area contributed by atoms with E-state index in [9.17, 15) is 4.79 Å². The van der Waals surface area contributed by atoms with Crippen LogP contribution in [0.15, 0.2) is 12.1 Å². The van der Waals surface area contributed by atoms with Crippen LogP contribution < -0.4 is 10.1 Å². The molecule has 0 fully saturated rings. The van der Waals surface area contributed by atoms with Crippen molar-refractivity contribution < 1.29 is 9.53 Å². The highest BCUT2D eigenvalue weighted by molar-refractivity contribution is 5.79. The van der Waals surface area contributed by atoms with Gasteiger partial charge < -0.3 is 10.1 Å². The number of nitrogens with one attached hydrogen (secondary N) is 1. The van der Waals surface area contributed by atoms with Gasteiger partial charge in [-0.3, -0.25) is 4.79 Å². The Bertz CT molecular complexity index is 461. The number of hydrogen-bond acceptors (Lipinski definition) is 3. The molecule has 0 spiro atoms. The van der Waals surface area contributed by atoms with Gasteiger partial charge in [-0.15, -0.1) is 0 Å². The quantitative estimate of drug-likeness (QED) is 0.800. The summed E-state index contributed by atoms with van der Waals surface area (Å²) in [7, 11) is 1.63. The standard InChI is InChI=1S/C13H16N2O2/c1-9-7-12(17-3)10(2)6-11(9)8-13(16)15-5-4-14/h6-7H,5,8H2,1-3H3,(H,15,16). The maximum Gasteiger partial charge on any atom is 0.225 e. The monoisotopic (exact) mass is 232 g/mol. The van der Waals surface area contributed by atoms with Crippen LogP contribution in [0, 0.1) is 25.2 Å². The Morgan fingerprint density at radius 2 is 2.12 bits per heavy atom. The summed E-state index contributed by atoms with van der Waals surface area (Å²) < 4.78 is 5.21. The third kappa shape index (κ3) is 3.49. The van der Waals surface area contributed by atoms with E-state index in [1.807, 2.05) is 32.0 Å². The average molecular weight is 232 g/mol. The van der Waals surface area contributed by atoms with Crippen molar-refractivity contribution in [1.29, 1.82) is 5.26 Å². The van der Waals surface area contributed by atoms with Crippen molar-refractivity contribution in [2.24, 2.45) is 0 Å². The van der Waals surface area contributed by atoms with Crippen molar-refractivity contribution in [2.75, 3.05) is 13.7 Å². The molecule has 1 amide bonds. The minimum absolute atomic E-state index is 0.0486. The first-order chi connectivity index (χ1) is 8.08. The molecule has 0 saturated carbocycles. The fraction of sp³-hybridized carbons (Fsp3) is 0.385. The number of aryl methyl sites for hydroxylation is 2. The smallest absolute Gasteiger partial charge is 0.225 e. The predicted molar refractivity (Wildman–Crippen MR) is 64.8 cm³/mol. The molecule has 0 aliphatic rings. The van der Waals surface area contributed by atoms with Crippen LogP contribution in [-0.2, 0) is 11.2 Å². The molecule has 0 aliphatic heterocycles. The lowest BCUT2D eigenvalue weighted by molar-refractivity contribution is -0.120. The van der Waals surface area contributed by atoms with Crippen LogP contribution in [0.2, 0.25) is 0 Å². The average Bonchev–Trinajstić information content (AvgIpc) is 2.30. The minimum Gasteiger partial charge on any atom is -0.496 e. The molecule has 0 aliphatic carbocycles. The van der Waals surface area contributed by atoms with Crippen molar-refractivity contribution >= 4 is 5.91 Å². The molecule has 17 heavy (non-hydrogen) atoms. The molecule has 1 aromatic carbocycles. The summed E-state index contributed by atoms with van der Waals surface area (Å²) in [5.74, 6) is 0.683.